The van der Waals surface area contributed by atoms with E-state index in [1.54, 1.807) is 0 Å². The Morgan fingerprint density at radius 1 is 1.27 bits per heavy atom. The van der Waals surface area contributed by atoms with E-state index in [1.165, 1.54) is 6.07 Å². The molecule has 82 valence electrons. The summed E-state index contributed by atoms with van der Waals surface area (Å²) in [6, 6.07) is 2.29. The molecule has 1 aromatic heterocycles. The second-order valence-electron chi connectivity index (χ2n) is 3.62. The highest BCUT2D eigenvalue weighted by molar-refractivity contribution is 5.20. The van der Waals surface area contributed by atoms with E-state index in [4.69, 9.17) is 4.74 Å². The summed E-state index contributed by atoms with van der Waals surface area (Å²) in [4.78, 5) is 3.06. The lowest BCUT2D eigenvalue weighted by molar-refractivity contribution is -0.0702. The summed E-state index contributed by atoms with van der Waals surface area (Å²) >= 11 is 0. The third-order valence-electron chi connectivity index (χ3n) is 2.64. The lowest BCUT2D eigenvalue weighted by atomic mass is 9.87. The normalized spacial score (nSPS) is 20.2. The zero-order chi connectivity index (χ0) is 10.9. The molecule has 5 heteroatoms. The molecule has 1 aliphatic rings. The van der Waals surface area contributed by atoms with Crippen LogP contribution in [0.15, 0.2) is 12.1 Å². The lowest BCUT2D eigenvalue weighted by Crippen LogP contribution is -2.34. The zero-order valence-corrected chi connectivity index (χ0v) is 8.04. The topological polar surface area (TPSA) is 42.4 Å². The summed E-state index contributed by atoms with van der Waals surface area (Å²) in [5.74, 6) is -1.83. The standard InChI is InChI=1S/C10H11F2NO2/c11-8-2-1-7(9(12)13-8)10(14)3-5-15-6-4-10/h1-2,14H,3-6H2. The number of halogens is 2. The van der Waals surface area contributed by atoms with Crippen LogP contribution in [0.3, 0.4) is 0 Å². The molecule has 1 aliphatic heterocycles. The monoisotopic (exact) mass is 215 g/mol. The van der Waals surface area contributed by atoms with Gasteiger partial charge in [-0.2, -0.15) is 13.8 Å². The summed E-state index contributed by atoms with van der Waals surface area (Å²) in [7, 11) is 0. The highest BCUT2D eigenvalue weighted by Gasteiger charge is 2.34. The van der Waals surface area contributed by atoms with Gasteiger partial charge in [-0.15, -0.1) is 0 Å². The molecule has 0 aromatic carbocycles. The SMILES string of the molecule is OC1(c2ccc(F)nc2F)CCOCC1. The summed E-state index contributed by atoms with van der Waals surface area (Å²) in [6.45, 7) is 0.737. The van der Waals surface area contributed by atoms with Gasteiger partial charge in [0.1, 0.15) is 0 Å². The predicted octanol–water partition coefficient (Wildman–Crippen LogP) is 1.36. The first-order valence-corrected chi connectivity index (χ1v) is 4.74. The molecule has 2 heterocycles. The van der Waals surface area contributed by atoms with E-state index in [1.807, 2.05) is 0 Å². The second kappa shape index (κ2) is 3.83. The Morgan fingerprint density at radius 3 is 2.53 bits per heavy atom. The summed E-state index contributed by atoms with van der Waals surface area (Å²) in [5, 5.41) is 10.1. The van der Waals surface area contributed by atoms with Crippen LogP contribution in [0, 0.1) is 11.9 Å². The number of aromatic nitrogens is 1. The van der Waals surface area contributed by atoms with Crippen molar-refractivity contribution >= 4 is 0 Å². The molecule has 0 saturated carbocycles. The highest BCUT2D eigenvalue weighted by Crippen LogP contribution is 2.32. The van der Waals surface area contributed by atoms with Gasteiger partial charge in [0.2, 0.25) is 11.9 Å². The molecule has 15 heavy (non-hydrogen) atoms. The fraction of sp³-hybridized carbons (Fsp3) is 0.500. The van der Waals surface area contributed by atoms with E-state index in [-0.39, 0.29) is 5.56 Å². The number of hydrogen-bond donors (Lipinski definition) is 1. The molecule has 0 unspecified atom stereocenters. The molecule has 0 amide bonds. The van der Waals surface area contributed by atoms with Gasteiger partial charge in [-0.1, -0.05) is 0 Å². The summed E-state index contributed by atoms with van der Waals surface area (Å²) < 4.78 is 31.0. The van der Waals surface area contributed by atoms with Gasteiger partial charge < -0.3 is 9.84 Å². The molecule has 3 nitrogen and oxygen atoms in total. The van der Waals surface area contributed by atoms with Crippen molar-refractivity contribution in [2.24, 2.45) is 0 Å². The molecule has 2 rings (SSSR count). The molecule has 0 aliphatic carbocycles. The van der Waals surface area contributed by atoms with E-state index in [0.717, 1.165) is 6.07 Å². The molecule has 1 aromatic rings. The summed E-state index contributed by atoms with van der Waals surface area (Å²) in [5.41, 5.74) is -1.23. The zero-order valence-electron chi connectivity index (χ0n) is 8.04. The molecule has 0 atom stereocenters. The summed E-state index contributed by atoms with van der Waals surface area (Å²) in [6.07, 6.45) is 0.606. The Kier molecular flexibility index (Phi) is 2.67. The van der Waals surface area contributed by atoms with Crippen molar-refractivity contribution in [2.75, 3.05) is 13.2 Å². The van der Waals surface area contributed by atoms with Gasteiger partial charge in [0, 0.05) is 31.6 Å². The van der Waals surface area contributed by atoms with Gasteiger partial charge in [-0.25, -0.2) is 0 Å². The maximum atomic E-state index is 13.3. The van der Waals surface area contributed by atoms with Gasteiger partial charge >= 0.3 is 0 Å². The van der Waals surface area contributed by atoms with Crippen LogP contribution in [-0.4, -0.2) is 23.3 Å². The third-order valence-corrected chi connectivity index (χ3v) is 2.64. The third kappa shape index (κ3) is 1.98. The average Bonchev–Trinajstić information content (AvgIpc) is 2.18. The second-order valence-corrected chi connectivity index (χ2v) is 3.62. The van der Waals surface area contributed by atoms with Crippen molar-refractivity contribution in [1.29, 1.82) is 0 Å². The molecular formula is C10H11F2NO2. The molecule has 0 bridgehead atoms. The predicted molar refractivity (Wildman–Crippen MR) is 48.1 cm³/mol. The lowest BCUT2D eigenvalue weighted by Gasteiger charge is -2.32. The van der Waals surface area contributed by atoms with Gasteiger partial charge in [0.05, 0.1) is 5.60 Å². The van der Waals surface area contributed by atoms with Crippen LogP contribution in [0.2, 0.25) is 0 Å². The average molecular weight is 215 g/mol. The number of nitrogens with zero attached hydrogens (tertiary/aromatic N) is 1. The number of aliphatic hydroxyl groups is 1. The van der Waals surface area contributed by atoms with Crippen molar-refractivity contribution in [3.05, 3.63) is 29.6 Å². The molecular weight excluding hydrogens is 204 g/mol. The largest absolute Gasteiger partial charge is 0.385 e. The highest BCUT2D eigenvalue weighted by atomic mass is 19.1. The van der Waals surface area contributed by atoms with E-state index in [9.17, 15) is 13.9 Å². The van der Waals surface area contributed by atoms with E-state index < -0.39 is 17.5 Å². The van der Waals surface area contributed by atoms with Crippen LogP contribution in [0.25, 0.3) is 0 Å². The van der Waals surface area contributed by atoms with Gasteiger partial charge in [-0.05, 0) is 12.1 Å². The number of rotatable bonds is 1. The number of ether oxygens (including phenoxy) is 1. The van der Waals surface area contributed by atoms with E-state index in [2.05, 4.69) is 4.98 Å². The fourth-order valence-corrected chi connectivity index (χ4v) is 1.74. The van der Waals surface area contributed by atoms with E-state index in [0.29, 0.717) is 26.1 Å². The fourth-order valence-electron chi connectivity index (χ4n) is 1.74. The Labute approximate surface area is 85.7 Å². The van der Waals surface area contributed by atoms with Crippen LogP contribution in [0.4, 0.5) is 8.78 Å². The van der Waals surface area contributed by atoms with Gasteiger partial charge in [0.25, 0.3) is 0 Å². The van der Waals surface area contributed by atoms with Crippen LogP contribution in [0.1, 0.15) is 18.4 Å². The number of pyridine rings is 1. The van der Waals surface area contributed by atoms with Crippen LogP contribution >= 0.6 is 0 Å². The van der Waals surface area contributed by atoms with Crippen LogP contribution < -0.4 is 0 Å². The Bertz CT molecular complexity index is 364. The Balaban J connectivity index is 2.35. The van der Waals surface area contributed by atoms with Crippen molar-refractivity contribution in [3.63, 3.8) is 0 Å². The number of hydrogen-bond acceptors (Lipinski definition) is 3. The molecule has 1 N–H and O–H groups in total. The van der Waals surface area contributed by atoms with Crippen molar-refractivity contribution in [1.82, 2.24) is 4.98 Å². The minimum atomic E-state index is -1.27. The van der Waals surface area contributed by atoms with Crippen molar-refractivity contribution < 1.29 is 18.6 Å². The first-order chi connectivity index (χ1) is 7.12. The molecule has 1 saturated heterocycles. The van der Waals surface area contributed by atoms with Gasteiger partial charge in [0.15, 0.2) is 0 Å². The molecule has 1 fully saturated rings. The van der Waals surface area contributed by atoms with Crippen molar-refractivity contribution in [3.8, 4) is 0 Å². The molecule has 0 radical (unpaired) electrons. The minimum Gasteiger partial charge on any atom is -0.385 e. The maximum absolute atomic E-state index is 13.3. The first kappa shape index (κ1) is 10.4. The van der Waals surface area contributed by atoms with Gasteiger partial charge in [-0.3, -0.25) is 0 Å². The Hall–Kier alpha value is -1.07. The van der Waals surface area contributed by atoms with E-state index >= 15 is 0 Å². The van der Waals surface area contributed by atoms with Crippen LogP contribution in [-0.2, 0) is 10.3 Å². The molecule has 0 spiro atoms. The maximum Gasteiger partial charge on any atom is 0.221 e. The smallest absolute Gasteiger partial charge is 0.221 e. The van der Waals surface area contributed by atoms with Crippen LogP contribution in [0.5, 0.6) is 0 Å². The van der Waals surface area contributed by atoms with Crippen molar-refractivity contribution in [2.45, 2.75) is 18.4 Å². The Morgan fingerprint density at radius 2 is 1.93 bits per heavy atom. The first-order valence-electron chi connectivity index (χ1n) is 4.74. The minimum absolute atomic E-state index is 0.0483. The quantitative estimate of drug-likeness (QED) is 0.719.